The standard InChI is InChI=1S/C13H19BO2.2C2H6/c1-14(2)12-6-4-11(5-7-12)10-13-15-8-3-9-16-13;2*1-2/h4-7,13H,3,8-10H2,1-2H3;2*1-2H3. The molecule has 2 rings (SSSR count). The van der Waals surface area contributed by atoms with Crippen LogP contribution in [0.3, 0.4) is 0 Å². The zero-order valence-corrected chi connectivity index (χ0v) is 14.1. The van der Waals surface area contributed by atoms with Gasteiger partial charge in [-0.15, -0.1) is 0 Å². The third-order valence-electron chi connectivity index (χ3n) is 2.94. The molecule has 0 bridgehead atoms. The zero-order valence-electron chi connectivity index (χ0n) is 14.1. The highest BCUT2D eigenvalue weighted by Crippen LogP contribution is 2.11. The first-order chi connectivity index (χ1) is 9.75. The predicted octanol–water partition coefficient (Wildman–Crippen LogP) is 4.01. The maximum absolute atomic E-state index is 5.54. The molecule has 114 valence electrons. The van der Waals surface area contributed by atoms with Gasteiger partial charge in [0.25, 0.3) is 0 Å². The normalized spacial score (nSPS) is 14.5. The topological polar surface area (TPSA) is 18.5 Å². The zero-order chi connectivity index (χ0) is 15.4. The van der Waals surface area contributed by atoms with Crippen LogP contribution in [0.5, 0.6) is 0 Å². The van der Waals surface area contributed by atoms with Gasteiger partial charge in [0.1, 0.15) is 0 Å². The van der Waals surface area contributed by atoms with Crippen molar-refractivity contribution in [3.8, 4) is 0 Å². The maximum atomic E-state index is 5.54. The highest BCUT2D eigenvalue weighted by Gasteiger charge is 2.14. The van der Waals surface area contributed by atoms with Crippen LogP contribution >= 0.6 is 0 Å². The summed E-state index contributed by atoms with van der Waals surface area (Å²) in [5.74, 6) is 0. The second-order valence-electron chi connectivity index (χ2n) is 4.63. The van der Waals surface area contributed by atoms with Gasteiger partial charge in [-0.05, 0) is 12.0 Å². The highest BCUT2D eigenvalue weighted by molar-refractivity contribution is 6.70. The molecule has 2 nitrogen and oxygen atoms in total. The molecule has 1 aliphatic rings. The lowest BCUT2D eigenvalue weighted by Gasteiger charge is -2.23. The van der Waals surface area contributed by atoms with E-state index in [0.29, 0.717) is 6.71 Å². The Morgan fingerprint density at radius 2 is 1.45 bits per heavy atom. The summed E-state index contributed by atoms with van der Waals surface area (Å²) in [5, 5.41) is 0. The average molecular weight is 278 g/mol. The Kier molecular flexibility index (Phi) is 11.5. The van der Waals surface area contributed by atoms with Crippen LogP contribution in [0.1, 0.15) is 39.7 Å². The summed E-state index contributed by atoms with van der Waals surface area (Å²) in [4.78, 5) is 0. The molecule has 0 atom stereocenters. The molecule has 0 saturated carbocycles. The van der Waals surface area contributed by atoms with E-state index in [0.717, 1.165) is 26.1 Å². The molecule has 20 heavy (non-hydrogen) atoms. The van der Waals surface area contributed by atoms with Gasteiger partial charge in [0.15, 0.2) is 13.0 Å². The van der Waals surface area contributed by atoms with Gasteiger partial charge in [0.05, 0.1) is 13.2 Å². The van der Waals surface area contributed by atoms with Crippen molar-refractivity contribution in [3.63, 3.8) is 0 Å². The Labute approximate surface area is 126 Å². The van der Waals surface area contributed by atoms with Crippen LogP contribution in [-0.4, -0.2) is 26.2 Å². The third kappa shape index (κ3) is 7.11. The lowest BCUT2D eigenvalue weighted by atomic mass is 9.49. The molecule has 0 aliphatic carbocycles. The molecule has 1 saturated heterocycles. The van der Waals surface area contributed by atoms with Crippen molar-refractivity contribution >= 4 is 12.2 Å². The van der Waals surface area contributed by atoms with Crippen LogP contribution in [0.25, 0.3) is 0 Å². The van der Waals surface area contributed by atoms with Gasteiger partial charge >= 0.3 is 0 Å². The van der Waals surface area contributed by atoms with Gasteiger partial charge in [-0.2, -0.15) is 0 Å². The summed E-state index contributed by atoms with van der Waals surface area (Å²) in [6, 6.07) is 8.75. The second kappa shape index (κ2) is 12.0. The fraction of sp³-hybridized carbons (Fsp3) is 0.647. The van der Waals surface area contributed by atoms with E-state index in [1.807, 2.05) is 27.7 Å². The molecule has 0 radical (unpaired) electrons. The molecule has 1 aliphatic heterocycles. The van der Waals surface area contributed by atoms with E-state index in [1.165, 1.54) is 11.0 Å². The molecule has 0 spiro atoms. The molecule has 0 amide bonds. The van der Waals surface area contributed by atoms with Crippen LogP contribution in [0.15, 0.2) is 24.3 Å². The Morgan fingerprint density at radius 1 is 0.950 bits per heavy atom. The minimum atomic E-state index is -0.0429. The first kappa shape index (κ1) is 19.2. The summed E-state index contributed by atoms with van der Waals surface area (Å²) >= 11 is 0. The summed E-state index contributed by atoms with van der Waals surface area (Å²) in [6.07, 6.45) is 1.83. The van der Waals surface area contributed by atoms with Crippen molar-refractivity contribution < 1.29 is 9.47 Å². The van der Waals surface area contributed by atoms with Crippen LogP contribution < -0.4 is 5.46 Å². The van der Waals surface area contributed by atoms with E-state index >= 15 is 0 Å². The molecular weight excluding hydrogens is 247 g/mol. The fourth-order valence-corrected chi connectivity index (χ4v) is 1.89. The van der Waals surface area contributed by atoms with Crippen LogP contribution in [0, 0.1) is 0 Å². The SMILES string of the molecule is CB(C)c1ccc(CC2OCCCO2)cc1.CC.CC. The van der Waals surface area contributed by atoms with E-state index in [-0.39, 0.29) is 6.29 Å². The molecular formula is C17H31BO2. The van der Waals surface area contributed by atoms with Gasteiger partial charge in [0, 0.05) is 6.42 Å². The van der Waals surface area contributed by atoms with E-state index in [9.17, 15) is 0 Å². The summed E-state index contributed by atoms with van der Waals surface area (Å²) < 4.78 is 11.1. The van der Waals surface area contributed by atoms with Gasteiger partial charge in [-0.25, -0.2) is 0 Å². The second-order valence-corrected chi connectivity index (χ2v) is 4.63. The molecule has 1 fully saturated rings. The van der Waals surface area contributed by atoms with Crippen molar-refractivity contribution in [1.82, 2.24) is 0 Å². The summed E-state index contributed by atoms with van der Waals surface area (Å²) in [6.45, 7) is 14.7. The Bertz CT molecular complexity index is 316. The molecule has 1 aromatic rings. The van der Waals surface area contributed by atoms with Crippen LogP contribution in [0.2, 0.25) is 13.6 Å². The third-order valence-corrected chi connectivity index (χ3v) is 2.94. The van der Waals surface area contributed by atoms with E-state index in [1.54, 1.807) is 0 Å². The lowest BCUT2D eigenvalue weighted by Crippen LogP contribution is -2.27. The Morgan fingerprint density at radius 3 is 1.90 bits per heavy atom. The summed E-state index contributed by atoms with van der Waals surface area (Å²) in [7, 11) is 0. The Hall–Kier alpha value is -0.795. The van der Waals surface area contributed by atoms with E-state index in [4.69, 9.17) is 9.47 Å². The molecule has 1 aromatic carbocycles. The maximum Gasteiger partial charge on any atom is 0.169 e. The average Bonchev–Trinajstić information content (AvgIpc) is 2.53. The molecule has 0 aromatic heterocycles. The Balaban J connectivity index is 0.000000829. The first-order valence-electron chi connectivity index (χ1n) is 8.08. The monoisotopic (exact) mass is 278 g/mol. The predicted molar refractivity (Wildman–Crippen MR) is 90.3 cm³/mol. The smallest absolute Gasteiger partial charge is 0.169 e. The molecule has 3 heteroatoms. The lowest BCUT2D eigenvalue weighted by molar-refractivity contribution is -0.176. The number of benzene rings is 1. The van der Waals surface area contributed by atoms with Gasteiger partial charge in [-0.1, -0.05) is 71.1 Å². The van der Waals surface area contributed by atoms with Gasteiger partial charge in [0.2, 0.25) is 0 Å². The van der Waals surface area contributed by atoms with Gasteiger partial charge < -0.3 is 9.47 Å². The van der Waals surface area contributed by atoms with Crippen molar-refractivity contribution in [2.75, 3.05) is 13.2 Å². The summed E-state index contributed by atoms with van der Waals surface area (Å²) in [5.41, 5.74) is 2.67. The van der Waals surface area contributed by atoms with Crippen LogP contribution in [-0.2, 0) is 15.9 Å². The van der Waals surface area contributed by atoms with Crippen molar-refractivity contribution in [2.24, 2.45) is 0 Å². The minimum absolute atomic E-state index is 0.0429. The quantitative estimate of drug-likeness (QED) is 0.778. The van der Waals surface area contributed by atoms with Crippen molar-refractivity contribution in [3.05, 3.63) is 29.8 Å². The van der Waals surface area contributed by atoms with Gasteiger partial charge in [-0.3, -0.25) is 0 Å². The first-order valence-corrected chi connectivity index (χ1v) is 8.08. The largest absolute Gasteiger partial charge is 0.352 e. The van der Waals surface area contributed by atoms with Crippen LogP contribution in [0.4, 0.5) is 0 Å². The van der Waals surface area contributed by atoms with E-state index in [2.05, 4.69) is 37.9 Å². The van der Waals surface area contributed by atoms with Crippen molar-refractivity contribution in [2.45, 2.75) is 60.5 Å². The fourth-order valence-electron chi connectivity index (χ4n) is 1.89. The number of hydrogen-bond donors (Lipinski definition) is 0. The minimum Gasteiger partial charge on any atom is -0.352 e. The highest BCUT2D eigenvalue weighted by atomic mass is 16.7. The number of rotatable bonds is 3. The number of ether oxygens (including phenoxy) is 2. The molecule has 0 N–H and O–H groups in total. The molecule has 0 unspecified atom stereocenters. The number of hydrogen-bond acceptors (Lipinski definition) is 2. The van der Waals surface area contributed by atoms with Crippen molar-refractivity contribution in [1.29, 1.82) is 0 Å². The molecule has 1 heterocycles. The van der Waals surface area contributed by atoms with E-state index < -0.39 is 0 Å².